The quantitative estimate of drug-likeness (QED) is 0.792. The summed E-state index contributed by atoms with van der Waals surface area (Å²) < 4.78 is 32.9. The minimum Gasteiger partial charge on any atom is -0.379 e. The van der Waals surface area contributed by atoms with Crippen LogP contribution in [0.3, 0.4) is 0 Å². The van der Waals surface area contributed by atoms with Crippen molar-refractivity contribution in [3.8, 4) is 0 Å². The number of likely N-dealkylation sites (tertiary alicyclic amines) is 1. The smallest absolute Gasteiger partial charge is 0.254 e. The standard InChI is InChI=1S/C20H28N2O4S/c1-15-6-7-17(14-19(15)27(24,25)21-10-12-26-13-11-21)20(23)22-9-8-16-4-2-3-5-18(16)22/h6-7,14,16,18H,2-5,8-13H2,1H3. The number of ether oxygens (including phenoxy) is 1. The second kappa shape index (κ2) is 7.53. The van der Waals surface area contributed by atoms with Crippen LogP contribution in [0.1, 0.15) is 48.0 Å². The summed E-state index contributed by atoms with van der Waals surface area (Å²) in [6.07, 6.45) is 5.78. The van der Waals surface area contributed by atoms with Gasteiger partial charge >= 0.3 is 0 Å². The van der Waals surface area contributed by atoms with E-state index in [1.54, 1.807) is 25.1 Å². The topological polar surface area (TPSA) is 66.9 Å². The molecule has 1 saturated carbocycles. The van der Waals surface area contributed by atoms with E-state index >= 15 is 0 Å². The molecule has 4 rings (SSSR count). The number of carbonyl (C=O) groups is 1. The molecular weight excluding hydrogens is 364 g/mol. The molecule has 3 fully saturated rings. The third kappa shape index (κ3) is 3.52. The van der Waals surface area contributed by atoms with Crippen LogP contribution in [0.25, 0.3) is 0 Å². The molecule has 27 heavy (non-hydrogen) atoms. The van der Waals surface area contributed by atoms with E-state index in [4.69, 9.17) is 4.74 Å². The van der Waals surface area contributed by atoms with Crippen molar-refractivity contribution in [2.45, 2.75) is 50.0 Å². The highest BCUT2D eigenvalue weighted by Crippen LogP contribution is 2.37. The van der Waals surface area contributed by atoms with Crippen molar-refractivity contribution in [1.29, 1.82) is 0 Å². The van der Waals surface area contributed by atoms with Crippen LogP contribution in [-0.2, 0) is 14.8 Å². The molecule has 1 aromatic carbocycles. The van der Waals surface area contributed by atoms with Crippen LogP contribution in [0.5, 0.6) is 0 Å². The molecule has 0 N–H and O–H groups in total. The Labute approximate surface area is 161 Å². The highest BCUT2D eigenvalue weighted by atomic mass is 32.2. The summed E-state index contributed by atoms with van der Waals surface area (Å²) in [5, 5.41) is 0. The maximum Gasteiger partial charge on any atom is 0.254 e. The summed E-state index contributed by atoms with van der Waals surface area (Å²) >= 11 is 0. The zero-order valence-electron chi connectivity index (χ0n) is 15.9. The summed E-state index contributed by atoms with van der Waals surface area (Å²) in [5.74, 6) is 0.590. The molecule has 1 aliphatic carbocycles. The highest BCUT2D eigenvalue weighted by molar-refractivity contribution is 7.89. The van der Waals surface area contributed by atoms with Crippen LogP contribution in [0.4, 0.5) is 0 Å². The van der Waals surface area contributed by atoms with E-state index in [9.17, 15) is 13.2 Å². The Hall–Kier alpha value is -1.44. The first-order valence-corrected chi connectivity index (χ1v) is 11.4. The SMILES string of the molecule is Cc1ccc(C(=O)N2CCC3CCCCC32)cc1S(=O)(=O)N1CCOCC1. The first-order valence-electron chi connectivity index (χ1n) is 9.98. The van der Waals surface area contributed by atoms with E-state index in [1.807, 2.05) is 4.90 Å². The lowest BCUT2D eigenvalue weighted by atomic mass is 9.85. The monoisotopic (exact) mass is 392 g/mol. The number of rotatable bonds is 3. The van der Waals surface area contributed by atoms with Gasteiger partial charge in [0.2, 0.25) is 10.0 Å². The van der Waals surface area contributed by atoms with Crippen molar-refractivity contribution >= 4 is 15.9 Å². The molecule has 2 atom stereocenters. The van der Waals surface area contributed by atoms with Gasteiger partial charge in [-0.25, -0.2) is 8.42 Å². The Bertz CT molecular complexity index is 817. The molecule has 6 nitrogen and oxygen atoms in total. The fourth-order valence-corrected chi connectivity index (χ4v) is 6.42. The van der Waals surface area contributed by atoms with Gasteiger partial charge in [-0.3, -0.25) is 4.79 Å². The molecule has 3 aliphatic rings. The number of hydrogen-bond donors (Lipinski definition) is 0. The van der Waals surface area contributed by atoms with Crippen LogP contribution in [0, 0.1) is 12.8 Å². The largest absolute Gasteiger partial charge is 0.379 e. The van der Waals surface area contributed by atoms with E-state index in [1.165, 1.54) is 23.6 Å². The fraction of sp³-hybridized carbons (Fsp3) is 0.650. The number of hydrogen-bond acceptors (Lipinski definition) is 4. The average Bonchev–Trinajstić information content (AvgIpc) is 3.12. The molecule has 2 aliphatic heterocycles. The Morgan fingerprint density at radius 3 is 2.59 bits per heavy atom. The lowest BCUT2D eigenvalue weighted by molar-refractivity contribution is 0.0689. The Balaban J connectivity index is 1.61. The zero-order chi connectivity index (χ0) is 19.0. The molecule has 0 bridgehead atoms. The van der Waals surface area contributed by atoms with Crippen LogP contribution in [0.15, 0.2) is 23.1 Å². The predicted octanol–water partition coefficient (Wildman–Crippen LogP) is 2.42. The molecule has 0 aromatic heterocycles. The van der Waals surface area contributed by atoms with E-state index in [0.717, 1.165) is 19.4 Å². The third-order valence-electron chi connectivity index (χ3n) is 6.29. The Morgan fingerprint density at radius 1 is 1.07 bits per heavy atom. The molecule has 2 unspecified atom stereocenters. The number of nitrogens with zero attached hydrogens (tertiary/aromatic N) is 2. The molecule has 148 valence electrons. The van der Waals surface area contributed by atoms with Crippen molar-refractivity contribution in [3.63, 3.8) is 0 Å². The van der Waals surface area contributed by atoms with Gasteiger partial charge in [-0.05, 0) is 49.8 Å². The van der Waals surface area contributed by atoms with Crippen molar-refractivity contribution in [2.75, 3.05) is 32.8 Å². The lowest BCUT2D eigenvalue weighted by Gasteiger charge is -2.32. The van der Waals surface area contributed by atoms with Gasteiger partial charge in [-0.15, -0.1) is 0 Å². The van der Waals surface area contributed by atoms with E-state index < -0.39 is 10.0 Å². The normalized spacial score (nSPS) is 26.8. The molecule has 1 amide bonds. The van der Waals surface area contributed by atoms with Gasteiger partial charge in [0, 0.05) is 31.2 Å². The zero-order valence-corrected chi connectivity index (χ0v) is 16.7. The highest BCUT2D eigenvalue weighted by Gasteiger charge is 2.38. The number of morpholine rings is 1. The number of aryl methyl sites for hydroxylation is 1. The number of fused-ring (bicyclic) bond motifs is 1. The summed E-state index contributed by atoms with van der Waals surface area (Å²) in [7, 11) is -3.61. The number of benzene rings is 1. The number of carbonyl (C=O) groups excluding carboxylic acids is 1. The van der Waals surface area contributed by atoms with Gasteiger partial charge in [0.15, 0.2) is 0 Å². The van der Waals surface area contributed by atoms with Gasteiger partial charge < -0.3 is 9.64 Å². The number of sulfonamides is 1. The van der Waals surface area contributed by atoms with Crippen molar-refractivity contribution < 1.29 is 17.9 Å². The van der Waals surface area contributed by atoms with E-state index in [2.05, 4.69) is 0 Å². The average molecular weight is 393 g/mol. The maximum absolute atomic E-state index is 13.2. The first kappa shape index (κ1) is 18.9. The Kier molecular flexibility index (Phi) is 5.27. The second-order valence-electron chi connectivity index (χ2n) is 7.90. The molecule has 1 aromatic rings. The van der Waals surface area contributed by atoms with Crippen LogP contribution < -0.4 is 0 Å². The van der Waals surface area contributed by atoms with Crippen LogP contribution in [-0.4, -0.2) is 62.4 Å². The molecule has 2 heterocycles. The summed E-state index contributed by atoms with van der Waals surface area (Å²) in [6, 6.07) is 5.44. The van der Waals surface area contributed by atoms with Crippen molar-refractivity contribution in [3.05, 3.63) is 29.3 Å². The van der Waals surface area contributed by atoms with E-state index in [-0.39, 0.29) is 10.8 Å². The summed E-state index contributed by atoms with van der Waals surface area (Å²) in [5.41, 5.74) is 1.16. The molecule has 7 heteroatoms. The number of amides is 1. The van der Waals surface area contributed by atoms with Gasteiger partial charge in [0.1, 0.15) is 0 Å². The minimum atomic E-state index is -3.61. The van der Waals surface area contributed by atoms with Crippen LogP contribution >= 0.6 is 0 Å². The maximum atomic E-state index is 13.2. The second-order valence-corrected chi connectivity index (χ2v) is 9.80. The first-order chi connectivity index (χ1) is 13.0. The molecule has 0 radical (unpaired) electrons. The van der Waals surface area contributed by atoms with E-state index in [0.29, 0.717) is 49.4 Å². The molecule has 2 saturated heterocycles. The summed E-state index contributed by atoms with van der Waals surface area (Å²) in [6.45, 7) is 4.11. The van der Waals surface area contributed by atoms with Gasteiger partial charge in [0.05, 0.1) is 18.1 Å². The third-order valence-corrected chi connectivity index (χ3v) is 8.33. The predicted molar refractivity (Wildman–Crippen MR) is 102 cm³/mol. The molecular formula is C20H28N2O4S. The Morgan fingerprint density at radius 2 is 1.81 bits per heavy atom. The van der Waals surface area contributed by atoms with Crippen molar-refractivity contribution in [2.24, 2.45) is 5.92 Å². The van der Waals surface area contributed by atoms with Crippen LogP contribution in [0.2, 0.25) is 0 Å². The molecule has 0 spiro atoms. The van der Waals surface area contributed by atoms with Gasteiger partial charge in [0.25, 0.3) is 5.91 Å². The summed E-state index contributed by atoms with van der Waals surface area (Å²) in [4.78, 5) is 15.4. The van der Waals surface area contributed by atoms with Gasteiger partial charge in [-0.1, -0.05) is 18.9 Å². The minimum absolute atomic E-state index is 0.0252. The van der Waals surface area contributed by atoms with Gasteiger partial charge in [-0.2, -0.15) is 4.31 Å². The van der Waals surface area contributed by atoms with Crippen molar-refractivity contribution in [1.82, 2.24) is 9.21 Å². The lowest BCUT2D eigenvalue weighted by Crippen LogP contribution is -2.41. The fourth-order valence-electron chi connectivity index (χ4n) is 4.76.